The largest absolute Gasteiger partial charge is 0.493 e. The van der Waals surface area contributed by atoms with Crippen molar-refractivity contribution in [3.05, 3.63) is 92.8 Å². The third-order valence-electron chi connectivity index (χ3n) is 12.8. The first-order chi connectivity index (χ1) is 34.4. The van der Waals surface area contributed by atoms with Crippen LogP contribution in [0.2, 0.25) is 0 Å². The molecule has 5 aliphatic heterocycles. The van der Waals surface area contributed by atoms with E-state index in [1.165, 1.54) is 43.4 Å². The SMILES string of the molecule is COc1cc2c(cc1OCCCCCOc1cc3c(cc1OC)C(=O)N1C=C(C)C[C@H]1[C@H](O)N3C(=O)OCc1ccc(O[C@@H]3OC[C@@H](O)[C@H](O)[C@H]3O)c([N+](=O)[O-])c1)N(C)[C@@H](O)[C@@H]1CC(C)=CN1C2=O.O=C=O. The van der Waals surface area contributed by atoms with E-state index in [0.717, 1.165) is 22.1 Å². The van der Waals surface area contributed by atoms with Gasteiger partial charge in [0.2, 0.25) is 6.29 Å². The number of carbonyl (C=O) groups excluding carboxylic acids is 5. The number of aliphatic hydroxyl groups is 5. The number of nitro groups is 1. The third kappa shape index (κ3) is 10.6. The first-order valence-electron chi connectivity index (χ1n) is 22.8. The van der Waals surface area contributed by atoms with E-state index in [9.17, 15) is 50.0 Å². The highest BCUT2D eigenvalue weighted by atomic mass is 16.7. The number of anilines is 2. The molecule has 8 rings (SSSR count). The number of unbranched alkanes of at least 4 members (excludes halogenated alkanes) is 2. The molecule has 72 heavy (non-hydrogen) atoms. The number of rotatable bonds is 15. The minimum Gasteiger partial charge on any atom is -0.493 e. The number of carbonyl (C=O) groups is 3. The van der Waals surface area contributed by atoms with E-state index in [4.69, 9.17) is 42.7 Å². The Hall–Kier alpha value is -7.31. The van der Waals surface area contributed by atoms with Gasteiger partial charge in [0.1, 0.15) is 31.1 Å². The van der Waals surface area contributed by atoms with Gasteiger partial charge in [0.15, 0.2) is 35.0 Å². The normalized spacial score (nSPS) is 24.1. The van der Waals surface area contributed by atoms with Gasteiger partial charge in [-0.25, -0.2) is 9.69 Å². The van der Waals surface area contributed by atoms with Crippen LogP contribution in [0, 0.1) is 10.1 Å². The van der Waals surface area contributed by atoms with Crippen molar-refractivity contribution in [1.82, 2.24) is 9.80 Å². The molecule has 0 aliphatic carbocycles. The number of methoxy groups -OCH3 is 2. The summed E-state index contributed by atoms with van der Waals surface area (Å²) in [5, 5.41) is 65.1. The lowest BCUT2D eigenvalue weighted by Crippen LogP contribution is -2.54. The zero-order valence-corrected chi connectivity index (χ0v) is 39.9. The fourth-order valence-electron chi connectivity index (χ4n) is 9.08. The number of ether oxygens (including phenoxy) is 7. The molecule has 5 heterocycles. The number of likely N-dealkylation sites (N-methyl/N-ethyl adjacent to an activating group) is 1. The number of nitrogens with zero attached hydrogens (tertiary/aromatic N) is 5. The number of nitro benzene ring substituents is 1. The van der Waals surface area contributed by atoms with E-state index in [0.29, 0.717) is 55.0 Å². The second kappa shape index (κ2) is 22.4. The number of hydrogen-bond acceptors (Lipinski definition) is 20. The molecule has 5 aliphatic rings. The van der Waals surface area contributed by atoms with Crippen molar-refractivity contribution >= 4 is 41.1 Å². The summed E-state index contributed by atoms with van der Waals surface area (Å²) in [4.78, 5) is 74.8. The van der Waals surface area contributed by atoms with E-state index in [2.05, 4.69) is 0 Å². The van der Waals surface area contributed by atoms with Crippen LogP contribution in [-0.2, 0) is 25.7 Å². The Morgan fingerprint density at radius 3 is 1.86 bits per heavy atom. The van der Waals surface area contributed by atoms with Crippen molar-refractivity contribution < 1.29 is 87.6 Å². The highest BCUT2D eigenvalue weighted by molar-refractivity contribution is 6.06. The van der Waals surface area contributed by atoms with Crippen molar-refractivity contribution in [2.45, 2.75) is 102 Å². The topological polar surface area (TPSA) is 307 Å². The van der Waals surface area contributed by atoms with Gasteiger partial charge in [-0.3, -0.25) is 19.7 Å². The summed E-state index contributed by atoms with van der Waals surface area (Å²) >= 11 is 0. The van der Waals surface area contributed by atoms with Crippen molar-refractivity contribution in [1.29, 1.82) is 0 Å². The number of aliphatic hydroxyl groups excluding tert-OH is 5. The molecular formula is C48H55N5O19. The smallest absolute Gasteiger partial charge is 0.416 e. The maximum absolute atomic E-state index is 14.1. The molecule has 8 atom stereocenters. The summed E-state index contributed by atoms with van der Waals surface area (Å²) in [5.41, 5.74) is 2.21. The zero-order valence-electron chi connectivity index (χ0n) is 39.9. The second-order valence-corrected chi connectivity index (χ2v) is 17.6. The second-order valence-electron chi connectivity index (χ2n) is 17.6. The minimum absolute atomic E-state index is 0.00768. The molecule has 0 saturated carbocycles. The molecule has 0 radical (unpaired) electrons. The van der Waals surface area contributed by atoms with Gasteiger partial charge in [-0.05, 0) is 69.7 Å². The van der Waals surface area contributed by atoms with Crippen molar-refractivity contribution in [2.75, 3.05) is 50.9 Å². The Labute approximate surface area is 411 Å². The lowest BCUT2D eigenvalue weighted by Gasteiger charge is -2.34. The van der Waals surface area contributed by atoms with E-state index in [1.54, 1.807) is 48.3 Å². The highest BCUT2D eigenvalue weighted by Gasteiger charge is 2.46. The van der Waals surface area contributed by atoms with E-state index in [1.807, 2.05) is 6.92 Å². The molecule has 386 valence electrons. The maximum Gasteiger partial charge on any atom is 0.416 e. The van der Waals surface area contributed by atoms with Crippen LogP contribution in [-0.4, -0.2) is 155 Å². The average molecular weight is 1010 g/mol. The number of amides is 3. The summed E-state index contributed by atoms with van der Waals surface area (Å²) in [6.45, 7) is 3.26. The van der Waals surface area contributed by atoms with Crippen LogP contribution in [0.4, 0.5) is 21.9 Å². The predicted molar refractivity (Wildman–Crippen MR) is 247 cm³/mol. The van der Waals surface area contributed by atoms with Gasteiger partial charge in [-0.2, -0.15) is 9.59 Å². The molecule has 3 amide bonds. The van der Waals surface area contributed by atoms with Crippen molar-refractivity contribution in [3.63, 3.8) is 0 Å². The van der Waals surface area contributed by atoms with Crippen molar-refractivity contribution in [3.8, 4) is 28.7 Å². The van der Waals surface area contributed by atoms with Gasteiger partial charge in [0.25, 0.3) is 11.8 Å². The van der Waals surface area contributed by atoms with Gasteiger partial charge < -0.3 is 73.4 Å². The highest BCUT2D eigenvalue weighted by Crippen LogP contribution is 2.44. The summed E-state index contributed by atoms with van der Waals surface area (Å²) < 4.78 is 39.9. The molecular weight excluding hydrogens is 951 g/mol. The van der Waals surface area contributed by atoms with Gasteiger partial charge in [0.05, 0.1) is 73.5 Å². The third-order valence-corrected chi connectivity index (χ3v) is 12.8. The standard InChI is InChI=1S/C47H55N5O17.CO2/c1-24-13-32-44(58)48(3)29-18-38(36(63-4)16-27(29)42(56)49(32)20-24)65-11-7-6-8-12-66-39-19-30-28(17-37(39)64-5)43(57)50-21-25(2)14-33(50)45(59)51(30)47(60)68-22-26-9-10-35(31(15-26)52(61)62)69-46-41(55)40(54)34(53)23-67-46;2-1-3/h9-10,15-21,32-34,40-41,44-46,53-55,58-59H,6-8,11-14,22-23H2,1-5H3;/t32-,33-,34+,40-,41+,44-,45-,46-;/m0./s1. The Balaban J connectivity index is 0.00000247. The molecule has 24 heteroatoms. The first-order valence-corrected chi connectivity index (χ1v) is 22.8. The lowest BCUT2D eigenvalue weighted by molar-refractivity contribution is -0.386. The quantitative estimate of drug-likeness (QED) is 0.0830. The minimum atomic E-state index is -1.71. The molecule has 0 bridgehead atoms. The number of hydrogen-bond donors (Lipinski definition) is 5. The predicted octanol–water partition coefficient (Wildman–Crippen LogP) is 2.95. The fourth-order valence-corrected chi connectivity index (χ4v) is 9.08. The summed E-state index contributed by atoms with van der Waals surface area (Å²) in [6.07, 6.45) is -3.67. The molecule has 1 fully saturated rings. The molecule has 0 unspecified atom stereocenters. The first kappa shape index (κ1) is 52.5. The molecule has 0 aromatic heterocycles. The zero-order chi connectivity index (χ0) is 52.1. The van der Waals surface area contributed by atoms with Gasteiger partial charge >= 0.3 is 17.9 Å². The van der Waals surface area contributed by atoms with E-state index in [-0.39, 0.29) is 59.1 Å². The van der Waals surface area contributed by atoms with Crippen LogP contribution in [0.5, 0.6) is 28.7 Å². The van der Waals surface area contributed by atoms with Crippen LogP contribution >= 0.6 is 0 Å². The van der Waals surface area contributed by atoms with E-state index >= 15 is 0 Å². The Morgan fingerprint density at radius 1 is 0.764 bits per heavy atom. The Morgan fingerprint density at radius 2 is 1.31 bits per heavy atom. The fraction of sp³-hybridized carbons (Fsp3) is 0.458. The number of benzene rings is 3. The van der Waals surface area contributed by atoms with Crippen molar-refractivity contribution in [2.24, 2.45) is 0 Å². The lowest BCUT2D eigenvalue weighted by atomic mass is 10.1. The molecule has 5 N–H and O–H groups in total. The molecule has 0 spiro atoms. The average Bonchev–Trinajstić information content (AvgIpc) is 3.93. The Kier molecular flexibility index (Phi) is 16.3. The van der Waals surface area contributed by atoms with Crippen LogP contribution in [0.3, 0.4) is 0 Å². The molecule has 3 aromatic rings. The van der Waals surface area contributed by atoms with Gasteiger partial charge in [-0.1, -0.05) is 17.2 Å². The number of fused-ring (bicyclic) bond motifs is 4. The summed E-state index contributed by atoms with van der Waals surface area (Å²) in [6, 6.07) is 8.50. The summed E-state index contributed by atoms with van der Waals surface area (Å²) in [7, 11) is 4.62. The van der Waals surface area contributed by atoms with Gasteiger partial charge in [0, 0.05) is 37.6 Å². The monoisotopic (exact) mass is 1010 g/mol. The van der Waals surface area contributed by atoms with E-state index < -0.39 is 85.0 Å². The molecule has 1 saturated heterocycles. The molecule has 24 nitrogen and oxygen atoms in total. The van der Waals surface area contributed by atoms with Gasteiger partial charge in [-0.15, -0.1) is 0 Å². The van der Waals surface area contributed by atoms with Crippen LogP contribution in [0.15, 0.2) is 66.0 Å². The van der Waals surface area contributed by atoms with Crippen LogP contribution in [0.25, 0.3) is 0 Å². The Bertz CT molecular complexity index is 2650. The maximum atomic E-state index is 14.1. The molecule has 3 aromatic carbocycles. The van der Waals surface area contributed by atoms with Crippen LogP contribution in [0.1, 0.15) is 72.2 Å². The van der Waals surface area contributed by atoms with Crippen LogP contribution < -0.4 is 33.5 Å². The summed E-state index contributed by atoms with van der Waals surface area (Å²) in [5.74, 6) is 0.0543.